The molecule has 1 aromatic carbocycles. The van der Waals surface area contributed by atoms with Crippen LogP contribution in [0.4, 0.5) is 5.69 Å². The molecule has 6 aliphatic rings. The van der Waals surface area contributed by atoms with Gasteiger partial charge >= 0.3 is 18.2 Å². The van der Waals surface area contributed by atoms with Gasteiger partial charge in [-0.2, -0.15) is 8.42 Å². The average Bonchev–Trinajstić information content (AvgIpc) is 3.19. The third-order valence-electron chi connectivity index (χ3n) is 8.22. The van der Waals surface area contributed by atoms with Gasteiger partial charge in [-0.3, -0.25) is 18.8 Å². The van der Waals surface area contributed by atoms with Crippen LogP contribution < -0.4 is 4.90 Å². The monoisotopic (exact) mass is 530 g/mol. The van der Waals surface area contributed by atoms with Crippen molar-refractivity contribution < 1.29 is 46.3 Å². The maximum absolute atomic E-state index is 13.2. The Balaban J connectivity index is 0.000000219. The molecule has 1 spiro atoms. The number of ether oxygens (including phenoxy) is 1. The molecule has 192 valence electrons. The van der Waals surface area contributed by atoms with Gasteiger partial charge in [0.15, 0.2) is 0 Å². The van der Waals surface area contributed by atoms with Crippen LogP contribution in [0.15, 0.2) is 35.9 Å². The zero-order valence-electron chi connectivity index (χ0n) is 18.5. The van der Waals surface area contributed by atoms with Crippen molar-refractivity contribution in [2.75, 3.05) is 24.6 Å². The maximum atomic E-state index is 13.2. The summed E-state index contributed by atoms with van der Waals surface area (Å²) in [6, 6.07) is 9.64. The molecule has 5 N–H and O–H groups in total. The molecule has 0 radical (unpaired) electrons. The van der Waals surface area contributed by atoms with Crippen LogP contribution in [0.1, 0.15) is 24.8 Å². The molecule has 1 amide bonds. The number of para-hydroxylation sites is 1. The van der Waals surface area contributed by atoms with Crippen LogP contribution >= 0.6 is 7.82 Å². The molecule has 5 heterocycles. The molecule has 7 rings (SSSR count). The van der Waals surface area contributed by atoms with Crippen LogP contribution in [-0.2, 0) is 29.9 Å². The number of rotatable bonds is 0. The first kappa shape index (κ1) is 25.0. The van der Waals surface area contributed by atoms with Gasteiger partial charge in [-0.15, -0.1) is 0 Å². The molecule has 1 aromatic rings. The van der Waals surface area contributed by atoms with Crippen molar-refractivity contribution in [3.8, 4) is 0 Å². The predicted octanol–water partition coefficient (Wildman–Crippen LogP) is 0.511. The third-order valence-corrected chi connectivity index (χ3v) is 8.22. The molecule has 1 saturated carbocycles. The number of hydrogen-bond acceptors (Lipinski definition) is 6. The van der Waals surface area contributed by atoms with Crippen molar-refractivity contribution in [3.63, 3.8) is 0 Å². The van der Waals surface area contributed by atoms with Crippen molar-refractivity contribution in [2.45, 2.75) is 42.9 Å². The summed E-state index contributed by atoms with van der Waals surface area (Å²) in [6.45, 7) is 2.97. The first-order valence-corrected chi connectivity index (χ1v) is 14.2. The topological polar surface area (TPSA) is 185 Å². The first-order chi connectivity index (χ1) is 16.3. The second-order valence-electron chi connectivity index (χ2n) is 9.74. The lowest BCUT2D eigenvalue weighted by Gasteiger charge is -2.58. The summed E-state index contributed by atoms with van der Waals surface area (Å²) < 4.78 is 46.7. The van der Waals surface area contributed by atoms with E-state index in [0.29, 0.717) is 36.9 Å². The fraction of sp³-hybridized carbons (Fsp3) is 0.571. The lowest BCUT2D eigenvalue weighted by molar-refractivity contribution is -0.132. The minimum Gasteiger partial charge on any atom is -0.373 e. The first-order valence-electron chi connectivity index (χ1n) is 11.2. The van der Waals surface area contributed by atoms with Gasteiger partial charge in [0, 0.05) is 29.6 Å². The molecule has 0 aromatic heterocycles. The van der Waals surface area contributed by atoms with E-state index in [4.69, 9.17) is 41.5 Å². The van der Waals surface area contributed by atoms with Crippen molar-refractivity contribution in [2.24, 2.45) is 11.8 Å². The Labute approximate surface area is 202 Å². The van der Waals surface area contributed by atoms with E-state index < -0.39 is 18.2 Å². The van der Waals surface area contributed by atoms with E-state index in [0.717, 1.165) is 6.54 Å². The van der Waals surface area contributed by atoms with E-state index in [1.54, 1.807) is 5.57 Å². The standard InChI is InChI=1S/C21H22N2O2.H3O4P.H2O4S/c24-18-10-16-19-13-9-17-21(6-7-22(17)11-12(13)5-8-25-16)14-3-1-2-4-15(14)23(18)20(19)21;2*1-5(2,3)4/h1-5,13,16-17,19-20H,6-11H2;(H3,1,2,3,4);(H2,1,2,3,4)/t13-,16-,17-,19-,20-,21+;;/m0../s1. The number of piperidine rings is 2. The number of hydrogen-bond donors (Lipinski definition) is 5. The Morgan fingerprint density at radius 1 is 1.14 bits per heavy atom. The van der Waals surface area contributed by atoms with E-state index >= 15 is 0 Å². The van der Waals surface area contributed by atoms with Crippen LogP contribution in [0.3, 0.4) is 0 Å². The average molecular weight is 530 g/mol. The number of anilines is 1. The van der Waals surface area contributed by atoms with Gasteiger partial charge < -0.3 is 24.3 Å². The lowest BCUT2D eigenvalue weighted by Crippen LogP contribution is -2.69. The largest absolute Gasteiger partial charge is 0.466 e. The summed E-state index contributed by atoms with van der Waals surface area (Å²) in [5, 5.41) is 0. The van der Waals surface area contributed by atoms with Gasteiger partial charge in [-0.1, -0.05) is 29.8 Å². The summed E-state index contributed by atoms with van der Waals surface area (Å²) in [6.07, 6.45) is 5.43. The van der Waals surface area contributed by atoms with Gasteiger partial charge in [-0.05, 0) is 36.9 Å². The van der Waals surface area contributed by atoms with E-state index in [1.807, 2.05) is 0 Å². The van der Waals surface area contributed by atoms with E-state index in [2.05, 4.69) is 40.1 Å². The zero-order chi connectivity index (χ0) is 25.3. The number of carbonyl (C=O) groups is 1. The predicted molar refractivity (Wildman–Crippen MR) is 122 cm³/mol. The summed E-state index contributed by atoms with van der Waals surface area (Å²) in [5.74, 6) is 1.35. The molecule has 4 fully saturated rings. The van der Waals surface area contributed by atoms with E-state index in [1.165, 1.54) is 30.6 Å². The second-order valence-corrected chi connectivity index (χ2v) is 11.7. The number of amides is 1. The molecule has 1 aliphatic carbocycles. The normalized spacial score (nSPS) is 36.1. The Morgan fingerprint density at radius 3 is 2.49 bits per heavy atom. The molecule has 5 aliphatic heterocycles. The van der Waals surface area contributed by atoms with Gasteiger partial charge in [0.1, 0.15) is 0 Å². The molecular weight excluding hydrogens is 503 g/mol. The highest BCUT2D eigenvalue weighted by molar-refractivity contribution is 7.79. The molecule has 12 nitrogen and oxygen atoms in total. The van der Waals surface area contributed by atoms with Crippen molar-refractivity contribution in [1.29, 1.82) is 0 Å². The number of phosphoric acid groups is 1. The minimum absolute atomic E-state index is 0.104. The van der Waals surface area contributed by atoms with Crippen LogP contribution in [-0.4, -0.2) is 80.9 Å². The SMILES string of the molecule is O=C1C[C@@H]2OCC=C3CN4CC[C@]56c7ccccc7N1[C@H]5[C@H]2[C@H]3C[C@H]46.O=P(O)(O)O.O=S(=O)(O)O. The lowest BCUT2D eigenvalue weighted by atomic mass is 9.53. The Kier molecular flexibility index (Phi) is 6.03. The number of carbonyl (C=O) groups excluding carboxylic acids is 1. The number of benzene rings is 1. The summed E-state index contributed by atoms with van der Waals surface area (Å²) in [4.78, 5) is 39.6. The molecule has 3 saturated heterocycles. The molecule has 2 bridgehead atoms. The molecule has 6 atom stereocenters. The molecule has 0 unspecified atom stereocenters. The van der Waals surface area contributed by atoms with E-state index in [-0.39, 0.29) is 17.4 Å². The van der Waals surface area contributed by atoms with Crippen molar-refractivity contribution in [1.82, 2.24) is 4.90 Å². The second kappa shape index (κ2) is 8.44. The van der Waals surface area contributed by atoms with E-state index in [9.17, 15) is 4.79 Å². The Hall–Kier alpha value is -1.67. The van der Waals surface area contributed by atoms with Gasteiger partial charge in [-0.25, -0.2) is 4.57 Å². The maximum Gasteiger partial charge on any atom is 0.466 e. The fourth-order valence-corrected chi connectivity index (χ4v) is 7.51. The van der Waals surface area contributed by atoms with Crippen LogP contribution in [0.5, 0.6) is 0 Å². The number of fused-ring (bicyclic) bond motifs is 2. The summed E-state index contributed by atoms with van der Waals surface area (Å²) in [5.41, 5.74) is 4.35. The third kappa shape index (κ3) is 4.28. The zero-order valence-corrected chi connectivity index (χ0v) is 20.3. The van der Waals surface area contributed by atoms with Crippen LogP contribution in [0.2, 0.25) is 0 Å². The Morgan fingerprint density at radius 2 is 1.80 bits per heavy atom. The molecular formula is C21H27N2O10PS. The van der Waals surface area contributed by atoms with Gasteiger partial charge in [0.2, 0.25) is 5.91 Å². The quantitative estimate of drug-likeness (QED) is 0.179. The highest BCUT2D eigenvalue weighted by Gasteiger charge is 2.70. The van der Waals surface area contributed by atoms with Gasteiger partial charge in [0.05, 0.1) is 25.2 Å². The summed E-state index contributed by atoms with van der Waals surface area (Å²) in [7, 11) is -9.31. The fourth-order valence-electron chi connectivity index (χ4n) is 7.51. The number of nitrogens with zero attached hydrogens (tertiary/aromatic N) is 2. The molecule has 35 heavy (non-hydrogen) atoms. The summed E-state index contributed by atoms with van der Waals surface area (Å²) >= 11 is 0. The molecule has 14 heteroatoms. The highest BCUT2D eigenvalue weighted by atomic mass is 32.3. The Bertz CT molecular complexity index is 1220. The van der Waals surface area contributed by atoms with Crippen LogP contribution in [0, 0.1) is 11.8 Å². The van der Waals surface area contributed by atoms with Crippen molar-refractivity contribution in [3.05, 3.63) is 41.5 Å². The smallest absolute Gasteiger partial charge is 0.373 e. The minimum atomic E-state index is -4.67. The van der Waals surface area contributed by atoms with Crippen LogP contribution in [0.25, 0.3) is 0 Å². The highest BCUT2D eigenvalue weighted by Crippen LogP contribution is 2.65. The van der Waals surface area contributed by atoms with Gasteiger partial charge in [0.25, 0.3) is 0 Å². The van der Waals surface area contributed by atoms with Crippen molar-refractivity contribution >= 4 is 29.8 Å².